The third-order valence-corrected chi connectivity index (χ3v) is 4.60. The Bertz CT molecular complexity index is 731. The summed E-state index contributed by atoms with van der Waals surface area (Å²) in [5, 5.41) is 16.6. The molecule has 0 spiro atoms. The summed E-state index contributed by atoms with van der Waals surface area (Å²) in [4.78, 5) is 22.9. The zero-order valence-corrected chi connectivity index (χ0v) is 13.3. The van der Waals surface area contributed by atoms with Gasteiger partial charge in [-0.1, -0.05) is 13.0 Å². The molecular formula is C14H18N2O6S. The van der Waals surface area contributed by atoms with Crippen molar-refractivity contribution in [1.29, 1.82) is 0 Å². The van der Waals surface area contributed by atoms with Crippen LogP contribution in [0.2, 0.25) is 0 Å². The molecule has 2 atom stereocenters. The molecule has 8 nitrogen and oxygen atoms in total. The molecule has 23 heavy (non-hydrogen) atoms. The van der Waals surface area contributed by atoms with Gasteiger partial charge in [-0.25, -0.2) is 18.4 Å². The highest BCUT2D eigenvalue weighted by molar-refractivity contribution is 7.89. The van der Waals surface area contributed by atoms with Gasteiger partial charge in [0.15, 0.2) is 6.10 Å². The molecule has 4 N–H and O–H groups in total. The molecule has 0 saturated carbocycles. The molecule has 1 saturated heterocycles. The Morgan fingerprint density at radius 3 is 2.52 bits per heavy atom. The first kappa shape index (κ1) is 17.4. The zero-order valence-electron chi connectivity index (χ0n) is 12.5. The van der Waals surface area contributed by atoms with E-state index in [0.717, 1.165) is 0 Å². The van der Waals surface area contributed by atoms with Crippen LogP contribution in [0.1, 0.15) is 25.3 Å². The number of ether oxygens (including phenoxy) is 1. The van der Waals surface area contributed by atoms with Gasteiger partial charge >= 0.3 is 5.97 Å². The molecule has 0 radical (unpaired) electrons. The van der Waals surface area contributed by atoms with E-state index in [-0.39, 0.29) is 23.4 Å². The summed E-state index contributed by atoms with van der Waals surface area (Å²) in [6.45, 7) is 1.79. The highest BCUT2D eigenvalue weighted by atomic mass is 32.2. The highest BCUT2D eigenvalue weighted by Crippen LogP contribution is 2.23. The number of aliphatic carboxylic acids is 1. The van der Waals surface area contributed by atoms with E-state index in [4.69, 9.17) is 15.0 Å². The summed E-state index contributed by atoms with van der Waals surface area (Å²) >= 11 is 0. The molecule has 1 aromatic carbocycles. The summed E-state index contributed by atoms with van der Waals surface area (Å²) in [7, 11) is -3.90. The predicted octanol–water partition coefficient (Wildman–Crippen LogP) is 0.467. The van der Waals surface area contributed by atoms with E-state index in [1.54, 1.807) is 19.1 Å². The number of aryl methyl sites for hydroxylation is 1. The number of carbonyl (C=O) groups is 2. The van der Waals surface area contributed by atoms with Crippen LogP contribution in [-0.2, 0) is 30.8 Å². The predicted molar refractivity (Wildman–Crippen MR) is 81.4 cm³/mol. The molecule has 0 unspecified atom stereocenters. The highest BCUT2D eigenvalue weighted by Gasteiger charge is 2.34. The first-order valence-electron chi connectivity index (χ1n) is 7.07. The van der Waals surface area contributed by atoms with Crippen LogP contribution < -0.4 is 10.5 Å². The van der Waals surface area contributed by atoms with Gasteiger partial charge in [0.25, 0.3) is 5.91 Å². The van der Waals surface area contributed by atoms with Gasteiger partial charge in [0.2, 0.25) is 10.0 Å². The number of hydrogen-bond donors (Lipinski definition) is 3. The number of primary sulfonamides is 1. The number of anilines is 1. The number of carbonyl (C=O) groups excluding carboxylic acids is 1. The second-order valence-corrected chi connectivity index (χ2v) is 6.77. The summed E-state index contributed by atoms with van der Waals surface area (Å²) < 4.78 is 28.3. The number of rotatable bonds is 5. The standard InChI is InChI=1S/C14H18N2O6S/c1-2-8-3-4-9(7-12(8)23(15,20)21)16-13(17)10-5-6-11(22-10)14(18)19/h3-4,7,10-11H,2,5-6H2,1H3,(H,16,17)(H,18,19)(H2,15,20,21)/t10-,11+/m0/s1. The van der Waals surface area contributed by atoms with Gasteiger partial charge in [-0.3, -0.25) is 4.79 Å². The van der Waals surface area contributed by atoms with Gasteiger partial charge in [-0.15, -0.1) is 0 Å². The molecule has 1 fully saturated rings. The van der Waals surface area contributed by atoms with Crippen LogP contribution >= 0.6 is 0 Å². The van der Waals surface area contributed by atoms with E-state index in [1.807, 2.05) is 0 Å². The lowest BCUT2D eigenvalue weighted by molar-refractivity contribution is -0.150. The maximum Gasteiger partial charge on any atom is 0.332 e. The lowest BCUT2D eigenvalue weighted by Crippen LogP contribution is -2.30. The zero-order chi connectivity index (χ0) is 17.2. The first-order chi connectivity index (χ1) is 10.7. The van der Waals surface area contributed by atoms with Crippen molar-refractivity contribution in [3.63, 3.8) is 0 Å². The van der Waals surface area contributed by atoms with Gasteiger partial charge in [0.05, 0.1) is 4.90 Å². The molecule has 1 aromatic rings. The van der Waals surface area contributed by atoms with Crippen molar-refractivity contribution in [2.75, 3.05) is 5.32 Å². The van der Waals surface area contributed by atoms with Crippen molar-refractivity contribution in [2.24, 2.45) is 5.14 Å². The van der Waals surface area contributed by atoms with E-state index in [0.29, 0.717) is 12.0 Å². The molecule has 1 aliphatic rings. The number of hydrogen-bond acceptors (Lipinski definition) is 5. The normalized spacial score (nSPS) is 21.1. The number of carboxylic acids is 1. The third kappa shape index (κ3) is 4.06. The number of carboxylic acid groups (broad SMARTS) is 1. The van der Waals surface area contributed by atoms with E-state index in [2.05, 4.69) is 5.32 Å². The number of nitrogens with one attached hydrogen (secondary N) is 1. The maximum atomic E-state index is 12.1. The third-order valence-electron chi connectivity index (χ3n) is 3.61. The van der Waals surface area contributed by atoms with Gasteiger partial charge in [0.1, 0.15) is 6.10 Å². The Hall–Kier alpha value is -1.97. The van der Waals surface area contributed by atoms with E-state index >= 15 is 0 Å². The fraction of sp³-hybridized carbons (Fsp3) is 0.429. The van der Waals surface area contributed by atoms with Gasteiger partial charge < -0.3 is 15.2 Å². The topological polar surface area (TPSA) is 136 Å². The summed E-state index contributed by atoms with van der Waals surface area (Å²) in [6.07, 6.45) is -0.845. The average Bonchev–Trinajstić information content (AvgIpc) is 2.96. The minimum atomic E-state index is -3.90. The van der Waals surface area contributed by atoms with Gasteiger partial charge in [-0.2, -0.15) is 0 Å². The number of benzene rings is 1. The molecule has 0 aliphatic carbocycles. The molecule has 1 heterocycles. The largest absolute Gasteiger partial charge is 0.479 e. The fourth-order valence-electron chi connectivity index (χ4n) is 2.42. The summed E-state index contributed by atoms with van der Waals surface area (Å²) in [5.41, 5.74) is 0.812. The Morgan fingerprint density at radius 2 is 2.00 bits per heavy atom. The minimum absolute atomic E-state index is 0.0476. The van der Waals surface area contributed by atoms with Crippen LogP contribution in [0.3, 0.4) is 0 Å². The monoisotopic (exact) mass is 342 g/mol. The number of sulfonamides is 1. The van der Waals surface area contributed by atoms with Crippen LogP contribution in [-0.4, -0.2) is 37.6 Å². The summed E-state index contributed by atoms with van der Waals surface area (Å²) in [5.74, 6) is -1.62. The Morgan fingerprint density at radius 1 is 1.35 bits per heavy atom. The van der Waals surface area contributed by atoms with E-state index in [9.17, 15) is 18.0 Å². The van der Waals surface area contributed by atoms with Crippen LogP contribution in [0.15, 0.2) is 23.1 Å². The average molecular weight is 342 g/mol. The van der Waals surface area contributed by atoms with Gasteiger partial charge in [0, 0.05) is 5.69 Å². The maximum absolute atomic E-state index is 12.1. The van der Waals surface area contributed by atoms with Crippen LogP contribution in [0.4, 0.5) is 5.69 Å². The SMILES string of the molecule is CCc1ccc(NC(=O)[C@@H]2CC[C@H](C(=O)O)O2)cc1S(N)(=O)=O. The van der Waals surface area contributed by atoms with Crippen molar-refractivity contribution in [3.05, 3.63) is 23.8 Å². The minimum Gasteiger partial charge on any atom is -0.479 e. The summed E-state index contributed by atoms with van der Waals surface area (Å²) in [6, 6.07) is 4.43. The fourth-order valence-corrected chi connectivity index (χ4v) is 3.29. The molecular weight excluding hydrogens is 324 g/mol. The molecule has 1 amide bonds. The van der Waals surface area contributed by atoms with Crippen molar-refractivity contribution in [2.45, 2.75) is 43.3 Å². The molecule has 0 bridgehead atoms. The van der Waals surface area contributed by atoms with Crippen molar-refractivity contribution in [3.8, 4) is 0 Å². The van der Waals surface area contributed by atoms with Gasteiger partial charge in [-0.05, 0) is 37.0 Å². The number of nitrogens with two attached hydrogens (primary N) is 1. The smallest absolute Gasteiger partial charge is 0.332 e. The van der Waals surface area contributed by atoms with Crippen LogP contribution in [0.25, 0.3) is 0 Å². The van der Waals surface area contributed by atoms with Crippen molar-refractivity contribution >= 4 is 27.6 Å². The first-order valence-corrected chi connectivity index (χ1v) is 8.62. The lowest BCUT2D eigenvalue weighted by atomic mass is 10.1. The molecule has 2 rings (SSSR count). The molecule has 0 aromatic heterocycles. The Kier molecular flexibility index (Phi) is 5.03. The van der Waals surface area contributed by atoms with E-state index in [1.165, 1.54) is 6.07 Å². The second kappa shape index (κ2) is 6.65. The van der Waals surface area contributed by atoms with Crippen molar-refractivity contribution < 1.29 is 27.9 Å². The quantitative estimate of drug-likeness (QED) is 0.711. The lowest BCUT2D eigenvalue weighted by Gasteiger charge is -2.13. The van der Waals surface area contributed by atoms with E-state index < -0.39 is 34.1 Å². The Labute approximate surface area is 133 Å². The van der Waals surface area contributed by atoms with Crippen LogP contribution in [0, 0.1) is 0 Å². The van der Waals surface area contributed by atoms with Crippen LogP contribution in [0.5, 0.6) is 0 Å². The number of amides is 1. The molecule has 9 heteroatoms. The molecule has 1 aliphatic heterocycles. The van der Waals surface area contributed by atoms with Crippen molar-refractivity contribution in [1.82, 2.24) is 0 Å². The second-order valence-electron chi connectivity index (χ2n) is 5.24. The molecule has 126 valence electrons. The Balaban J connectivity index is 2.15.